The van der Waals surface area contributed by atoms with Gasteiger partial charge in [0.25, 0.3) is 10.2 Å². The molecule has 7 nitrogen and oxygen atoms in total. The molecule has 2 aromatic rings. The van der Waals surface area contributed by atoms with Crippen molar-refractivity contribution in [3.63, 3.8) is 0 Å². The summed E-state index contributed by atoms with van der Waals surface area (Å²) in [5.74, 6) is 0.483. The summed E-state index contributed by atoms with van der Waals surface area (Å²) in [5.41, 5.74) is 2.46. The van der Waals surface area contributed by atoms with Crippen LogP contribution in [0.15, 0.2) is 24.4 Å². The Labute approximate surface area is 187 Å². The van der Waals surface area contributed by atoms with Gasteiger partial charge >= 0.3 is 7.12 Å². The van der Waals surface area contributed by atoms with Gasteiger partial charge in [-0.2, -0.15) is 12.7 Å². The molecule has 3 rings (SSSR count). The lowest BCUT2D eigenvalue weighted by atomic mass is 9.78. The van der Waals surface area contributed by atoms with Gasteiger partial charge in [0, 0.05) is 44.3 Å². The van der Waals surface area contributed by atoms with E-state index in [2.05, 4.69) is 75.2 Å². The van der Waals surface area contributed by atoms with Gasteiger partial charge in [0.2, 0.25) is 0 Å². The Balaban J connectivity index is 1.90. The lowest BCUT2D eigenvalue weighted by Crippen LogP contribution is -2.41. The molecule has 1 aliphatic heterocycles. The molecular weight excluding hydrogens is 413 g/mol. The summed E-state index contributed by atoms with van der Waals surface area (Å²) in [6.07, 6.45) is 2.76. The summed E-state index contributed by atoms with van der Waals surface area (Å²) in [5, 5.41) is 1.13. The summed E-state index contributed by atoms with van der Waals surface area (Å²) < 4.78 is 42.6. The molecule has 1 aromatic carbocycles. The summed E-state index contributed by atoms with van der Waals surface area (Å²) >= 11 is 0. The number of nitrogens with zero attached hydrogens (tertiary/aromatic N) is 2. The van der Waals surface area contributed by atoms with Crippen LogP contribution in [0.1, 0.15) is 47.1 Å². The van der Waals surface area contributed by atoms with E-state index in [1.807, 2.05) is 0 Å². The minimum Gasteiger partial charge on any atom is -0.399 e. The molecule has 0 bridgehead atoms. The standard InChI is InChI=1S/C22H36BN3O4S/c1-16(2)14-26-15-17(11-12-24-31(27,28)25(7)8)19-10-9-18(13-20(19)26)23-29-21(3,4)22(5,6)30-23/h9-10,13,15-16,24H,11-12,14H2,1-8H3. The molecule has 0 unspecified atom stereocenters. The van der Waals surface area contributed by atoms with E-state index in [0.717, 1.165) is 28.5 Å². The summed E-state index contributed by atoms with van der Waals surface area (Å²) in [6, 6.07) is 6.30. The average molecular weight is 449 g/mol. The van der Waals surface area contributed by atoms with E-state index in [-0.39, 0.29) is 11.2 Å². The zero-order valence-electron chi connectivity index (χ0n) is 20.0. The average Bonchev–Trinajstić information content (AvgIpc) is 3.07. The predicted octanol–water partition coefficient (Wildman–Crippen LogP) is 2.54. The zero-order chi connectivity index (χ0) is 23.2. The summed E-state index contributed by atoms with van der Waals surface area (Å²) in [7, 11) is -0.796. The maximum atomic E-state index is 12.0. The van der Waals surface area contributed by atoms with E-state index < -0.39 is 17.3 Å². The quantitative estimate of drug-likeness (QED) is 0.629. The van der Waals surface area contributed by atoms with Crippen molar-refractivity contribution < 1.29 is 17.7 Å². The van der Waals surface area contributed by atoms with Crippen molar-refractivity contribution in [2.75, 3.05) is 20.6 Å². The van der Waals surface area contributed by atoms with Crippen LogP contribution < -0.4 is 10.2 Å². The highest BCUT2D eigenvalue weighted by atomic mass is 32.2. The fraction of sp³-hybridized carbons (Fsp3) is 0.636. The molecule has 0 saturated carbocycles. The van der Waals surface area contributed by atoms with Crippen LogP contribution in [0, 0.1) is 5.92 Å². The highest BCUT2D eigenvalue weighted by molar-refractivity contribution is 7.87. The second-order valence-electron chi connectivity index (χ2n) is 10.00. The fourth-order valence-corrected chi connectivity index (χ4v) is 4.32. The number of benzene rings is 1. The number of nitrogens with one attached hydrogen (secondary N) is 1. The Morgan fingerprint density at radius 2 is 1.74 bits per heavy atom. The molecule has 0 amide bonds. The van der Waals surface area contributed by atoms with Crippen molar-refractivity contribution in [1.29, 1.82) is 0 Å². The van der Waals surface area contributed by atoms with Crippen molar-refractivity contribution in [2.45, 2.75) is 65.7 Å². The zero-order valence-corrected chi connectivity index (χ0v) is 20.8. The van der Waals surface area contributed by atoms with Crippen molar-refractivity contribution >= 4 is 33.7 Å². The Kier molecular flexibility index (Phi) is 6.67. The summed E-state index contributed by atoms with van der Waals surface area (Å²) in [6.45, 7) is 13.8. The van der Waals surface area contributed by atoms with Crippen LogP contribution in [0.2, 0.25) is 0 Å². The molecule has 1 aliphatic rings. The molecule has 1 saturated heterocycles. The van der Waals surface area contributed by atoms with Crippen LogP contribution in [0.4, 0.5) is 0 Å². The lowest BCUT2D eigenvalue weighted by molar-refractivity contribution is 0.00578. The van der Waals surface area contributed by atoms with E-state index in [0.29, 0.717) is 18.9 Å². The van der Waals surface area contributed by atoms with E-state index in [1.165, 1.54) is 18.4 Å². The first-order valence-electron chi connectivity index (χ1n) is 10.9. The number of hydrogen-bond acceptors (Lipinski definition) is 4. The Morgan fingerprint density at radius 1 is 1.13 bits per heavy atom. The molecule has 172 valence electrons. The van der Waals surface area contributed by atoms with Gasteiger partial charge < -0.3 is 13.9 Å². The first-order valence-corrected chi connectivity index (χ1v) is 12.3. The first-order chi connectivity index (χ1) is 14.2. The fourth-order valence-electron chi connectivity index (χ4n) is 3.70. The minimum atomic E-state index is -3.43. The third kappa shape index (κ3) is 5.01. The first kappa shape index (κ1) is 24.3. The molecule has 0 atom stereocenters. The van der Waals surface area contributed by atoms with Crippen LogP contribution in [0.3, 0.4) is 0 Å². The van der Waals surface area contributed by atoms with Gasteiger partial charge in [-0.1, -0.05) is 26.0 Å². The molecule has 0 aliphatic carbocycles. The van der Waals surface area contributed by atoms with Crippen molar-refractivity contribution in [3.05, 3.63) is 30.0 Å². The number of rotatable bonds is 8. The Morgan fingerprint density at radius 3 is 2.29 bits per heavy atom. The van der Waals surface area contributed by atoms with Gasteiger partial charge in [0.1, 0.15) is 0 Å². The topological polar surface area (TPSA) is 72.8 Å². The van der Waals surface area contributed by atoms with Gasteiger partial charge in [-0.15, -0.1) is 0 Å². The van der Waals surface area contributed by atoms with Gasteiger partial charge in [-0.25, -0.2) is 4.72 Å². The van der Waals surface area contributed by atoms with Crippen LogP contribution in [-0.2, 0) is 32.5 Å². The monoisotopic (exact) mass is 449 g/mol. The maximum absolute atomic E-state index is 12.0. The largest absolute Gasteiger partial charge is 0.494 e. The smallest absolute Gasteiger partial charge is 0.399 e. The molecule has 2 heterocycles. The van der Waals surface area contributed by atoms with Crippen LogP contribution in [0.25, 0.3) is 10.9 Å². The van der Waals surface area contributed by atoms with E-state index >= 15 is 0 Å². The highest BCUT2D eigenvalue weighted by Crippen LogP contribution is 2.36. The molecule has 31 heavy (non-hydrogen) atoms. The predicted molar refractivity (Wildman–Crippen MR) is 127 cm³/mol. The normalized spacial score (nSPS) is 18.6. The van der Waals surface area contributed by atoms with Gasteiger partial charge in [-0.3, -0.25) is 0 Å². The van der Waals surface area contributed by atoms with E-state index in [4.69, 9.17) is 9.31 Å². The molecule has 0 spiro atoms. The summed E-state index contributed by atoms with van der Waals surface area (Å²) in [4.78, 5) is 0. The molecule has 1 fully saturated rings. The second-order valence-corrected chi connectivity index (χ2v) is 12.0. The second kappa shape index (κ2) is 8.52. The molecule has 9 heteroatoms. The van der Waals surface area contributed by atoms with Crippen LogP contribution in [-0.4, -0.2) is 56.3 Å². The minimum absolute atomic E-state index is 0.348. The van der Waals surface area contributed by atoms with Crippen molar-refractivity contribution in [2.24, 2.45) is 5.92 Å². The van der Waals surface area contributed by atoms with Gasteiger partial charge in [0.15, 0.2) is 0 Å². The third-order valence-corrected chi connectivity index (χ3v) is 7.77. The van der Waals surface area contributed by atoms with E-state index in [9.17, 15) is 8.42 Å². The molecule has 1 aromatic heterocycles. The Hall–Kier alpha value is -1.39. The number of hydrogen-bond donors (Lipinski definition) is 1. The van der Waals surface area contributed by atoms with Gasteiger partial charge in [0.05, 0.1) is 11.2 Å². The van der Waals surface area contributed by atoms with E-state index in [1.54, 1.807) is 0 Å². The lowest BCUT2D eigenvalue weighted by Gasteiger charge is -2.32. The van der Waals surface area contributed by atoms with Gasteiger partial charge in [-0.05, 0) is 57.1 Å². The van der Waals surface area contributed by atoms with Crippen molar-refractivity contribution in [1.82, 2.24) is 13.6 Å². The number of aromatic nitrogens is 1. The Bertz CT molecular complexity index is 1030. The SMILES string of the molecule is CC(C)Cn1cc(CCNS(=O)(=O)N(C)C)c2ccc(B3OC(C)(C)C(C)(C)O3)cc21. The number of fused-ring (bicyclic) bond motifs is 1. The van der Waals surface area contributed by atoms with Crippen LogP contribution >= 0.6 is 0 Å². The van der Waals surface area contributed by atoms with Crippen LogP contribution in [0.5, 0.6) is 0 Å². The third-order valence-electron chi connectivity index (χ3n) is 6.24. The molecule has 1 N–H and O–H groups in total. The maximum Gasteiger partial charge on any atom is 0.494 e. The molecular formula is C22H36BN3O4S. The molecule has 0 radical (unpaired) electrons. The van der Waals surface area contributed by atoms with Crippen molar-refractivity contribution in [3.8, 4) is 0 Å². The highest BCUT2D eigenvalue weighted by Gasteiger charge is 2.51.